The molecule has 7 nitrogen and oxygen atoms in total. The lowest BCUT2D eigenvalue weighted by molar-refractivity contribution is -0.0494. The standard InChI is InChI=1S/C19H24F3N5O2S/c1-2-23-18(25-13-14-7-10-24-17-6-4-3-5-16(14)17)26-15-8-11-27(12-9-15)30(28,29)19(20,21)22/h3-7,10,15H,2,8-9,11-13H2,1H3,(H2,23,25,26). The Labute approximate surface area is 173 Å². The van der Waals surface area contributed by atoms with E-state index in [1.54, 1.807) is 6.20 Å². The number of piperidine rings is 1. The Morgan fingerprint density at radius 3 is 2.60 bits per heavy atom. The number of nitrogens with zero attached hydrogens (tertiary/aromatic N) is 3. The van der Waals surface area contributed by atoms with Crippen LogP contribution in [0, 0.1) is 0 Å². The molecule has 1 aromatic heterocycles. The first-order valence-corrected chi connectivity index (χ1v) is 11.1. The quantitative estimate of drug-likeness (QED) is 0.548. The van der Waals surface area contributed by atoms with Gasteiger partial charge in [-0.1, -0.05) is 18.2 Å². The fraction of sp³-hybridized carbons (Fsp3) is 0.474. The van der Waals surface area contributed by atoms with Gasteiger partial charge >= 0.3 is 15.5 Å². The molecule has 1 aliphatic rings. The van der Waals surface area contributed by atoms with Gasteiger partial charge < -0.3 is 10.6 Å². The Hall–Kier alpha value is -2.40. The average molecular weight is 443 g/mol. The van der Waals surface area contributed by atoms with Crippen LogP contribution in [-0.4, -0.2) is 54.9 Å². The molecule has 2 aromatic rings. The molecule has 0 saturated carbocycles. The molecule has 0 amide bonds. The maximum Gasteiger partial charge on any atom is 0.511 e. The number of nitrogens with one attached hydrogen (secondary N) is 2. The molecule has 164 valence electrons. The van der Waals surface area contributed by atoms with E-state index in [0.717, 1.165) is 16.5 Å². The third-order valence-electron chi connectivity index (χ3n) is 4.92. The second-order valence-corrected chi connectivity index (χ2v) is 8.88. The first kappa shape index (κ1) is 22.3. The zero-order valence-corrected chi connectivity index (χ0v) is 17.3. The molecule has 2 heterocycles. The van der Waals surface area contributed by atoms with E-state index in [4.69, 9.17) is 0 Å². The minimum Gasteiger partial charge on any atom is -0.357 e. The van der Waals surface area contributed by atoms with Gasteiger partial charge in [-0.05, 0) is 37.5 Å². The number of para-hydroxylation sites is 1. The van der Waals surface area contributed by atoms with Crippen molar-refractivity contribution in [1.82, 2.24) is 19.9 Å². The molecule has 0 radical (unpaired) electrons. The van der Waals surface area contributed by atoms with E-state index in [1.165, 1.54) is 0 Å². The molecule has 0 atom stereocenters. The highest BCUT2D eigenvalue weighted by Gasteiger charge is 2.50. The SMILES string of the molecule is CCNC(=NCc1ccnc2ccccc12)NC1CCN(S(=O)(=O)C(F)(F)F)CC1. The van der Waals surface area contributed by atoms with Gasteiger partial charge in [0.05, 0.1) is 12.1 Å². The molecule has 1 aromatic carbocycles. The molecule has 1 saturated heterocycles. The number of alkyl halides is 3. The second kappa shape index (κ2) is 9.17. The third kappa shape index (κ3) is 5.01. The van der Waals surface area contributed by atoms with E-state index in [0.29, 0.717) is 23.4 Å². The summed E-state index contributed by atoms with van der Waals surface area (Å²) >= 11 is 0. The summed E-state index contributed by atoms with van der Waals surface area (Å²) in [6, 6.07) is 9.48. The highest BCUT2D eigenvalue weighted by atomic mass is 32.2. The number of fused-ring (bicyclic) bond motifs is 1. The minimum absolute atomic E-state index is 0.170. The van der Waals surface area contributed by atoms with Crippen molar-refractivity contribution in [3.05, 3.63) is 42.1 Å². The number of rotatable bonds is 5. The van der Waals surface area contributed by atoms with E-state index in [-0.39, 0.29) is 32.0 Å². The number of benzene rings is 1. The van der Waals surface area contributed by atoms with Crippen LogP contribution >= 0.6 is 0 Å². The van der Waals surface area contributed by atoms with E-state index in [9.17, 15) is 21.6 Å². The van der Waals surface area contributed by atoms with Crippen molar-refractivity contribution in [1.29, 1.82) is 0 Å². The number of guanidine groups is 1. The molecule has 0 unspecified atom stereocenters. The van der Waals surface area contributed by atoms with Crippen molar-refractivity contribution >= 4 is 26.9 Å². The maximum atomic E-state index is 12.7. The van der Waals surface area contributed by atoms with Crippen LogP contribution in [0.25, 0.3) is 10.9 Å². The Morgan fingerprint density at radius 2 is 1.93 bits per heavy atom. The fourth-order valence-corrected chi connectivity index (χ4v) is 4.34. The Morgan fingerprint density at radius 1 is 1.23 bits per heavy atom. The van der Waals surface area contributed by atoms with Gasteiger partial charge in [-0.15, -0.1) is 0 Å². The Balaban J connectivity index is 1.65. The summed E-state index contributed by atoms with van der Waals surface area (Å²) in [4.78, 5) is 8.92. The van der Waals surface area contributed by atoms with Crippen molar-refractivity contribution in [2.45, 2.75) is 37.9 Å². The molecule has 1 fully saturated rings. The number of sulfonamides is 1. The van der Waals surface area contributed by atoms with Crippen LogP contribution in [0.2, 0.25) is 0 Å². The largest absolute Gasteiger partial charge is 0.511 e. The van der Waals surface area contributed by atoms with Gasteiger partial charge in [-0.3, -0.25) is 4.98 Å². The number of aliphatic imine (C=N–C) groups is 1. The van der Waals surface area contributed by atoms with Gasteiger partial charge in [0.15, 0.2) is 5.96 Å². The van der Waals surface area contributed by atoms with Gasteiger partial charge in [-0.2, -0.15) is 17.5 Å². The van der Waals surface area contributed by atoms with Crippen molar-refractivity contribution in [2.24, 2.45) is 4.99 Å². The Bertz CT molecular complexity index is 997. The van der Waals surface area contributed by atoms with Gasteiger partial charge in [0.2, 0.25) is 0 Å². The van der Waals surface area contributed by atoms with Gasteiger partial charge in [0.1, 0.15) is 0 Å². The van der Waals surface area contributed by atoms with E-state index >= 15 is 0 Å². The number of pyridine rings is 1. The molecule has 3 rings (SSSR count). The molecule has 30 heavy (non-hydrogen) atoms. The monoisotopic (exact) mass is 443 g/mol. The topological polar surface area (TPSA) is 86.7 Å². The summed E-state index contributed by atoms with van der Waals surface area (Å²) in [5.74, 6) is 0.538. The van der Waals surface area contributed by atoms with Gasteiger partial charge in [0, 0.05) is 37.3 Å². The summed E-state index contributed by atoms with van der Waals surface area (Å²) in [6.45, 7) is 2.56. The molecule has 0 bridgehead atoms. The first-order chi connectivity index (χ1) is 14.2. The van der Waals surface area contributed by atoms with E-state index in [1.807, 2.05) is 37.3 Å². The van der Waals surface area contributed by atoms with E-state index in [2.05, 4.69) is 20.6 Å². The summed E-state index contributed by atoms with van der Waals surface area (Å²) in [5, 5.41) is 7.34. The third-order valence-corrected chi connectivity index (χ3v) is 6.55. The summed E-state index contributed by atoms with van der Waals surface area (Å²) in [5.41, 5.74) is -3.39. The van der Waals surface area contributed by atoms with Crippen LogP contribution in [0.3, 0.4) is 0 Å². The highest BCUT2D eigenvalue weighted by molar-refractivity contribution is 7.90. The summed E-state index contributed by atoms with van der Waals surface area (Å²) in [6.07, 6.45) is 2.25. The second-order valence-electron chi connectivity index (χ2n) is 6.95. The van der Waals surface area contributed by atoms with Crippen LogP contribution in [0.15, 0.2) is 41.5 Å². The van der Waals surface area contributed by atoms with Gasteiger partial charge in [-0.25, -0.2) is 13.4 Å². The lowest BCUT2D eigenvalue weighted by Crippen LogP contribution is -2.51. The van der Waals surface area contributed by atoms with Crippen LogP contribution < -0.4 is 10.6 Å². The Kier molecular flexibility index (Phi) is 6.81. The summed E-state index contributed by atoms with van der Waals surface area (Å²) < 4.78 is 61.7. The zero-order valence-electron chi connectivity index (χ0n) is 16.5. The van der Waals surface area contributed by atoms with Crippen LogP contribution in [0.1, 0.15) is 25.3 Å². The number of hydrogen-bond acceptors (Lipinski definition) is 4. The molecule has 2 N–H and O–H groups in total. The highest BCUT2D eigenvalue weighted by Crippen LogP contribution is 2.29. The maximum absolute atomic E-state index is 12.7. The lowest BCUT2D eigenvalue weighted by atomic mass is 10.1. The lowest BCUT2D eigenvalue weighted by Gasteiger charge is -2.32. The van der Waals surface area contributed by atoms with Crippen molar-refractivity contribution in [2.75, 3.05) is 19.6 Å². The molecule has 0 spiro atoms. The smallest absolute Gasteiger partial charge is 0.357 e. The van der Waals surface area contributed by atoms with Crippen molar-refractivity contribution in [3.63, 3.8) is 0 Å². The number of halogens is 3. The normalized spacial score (nSPS) is 17.3. The van der Waals surface area contributed by atoms with Crippen LogP contribution in [0.5, 0.6) is 0 Å². The molecule has 1 aliphatic heterocycles. The van der Waals surface area contributed by atoms with Crippen molar-refractivity contribution in [3.8, 4) is 0 Å². The predicted octanol–water partition coefficient (Wildman–Crippen LogP) is 2.60. The average Bonchev–Trinajstić information content (AvgIpc) is 2.72. The first-order valence-electron chi connectivity index (χ1n) is 9.66. The minimum atomic E-state index is -5.27. The van der Waals surface area contributed by atoms with Crippen molar-refractivity contribution < 1.29 is 21.6 Å². The predicted molar refractivity (Wildman–Crippen MR) is 109 cm³/mol. The number of aromatic nitrogens is 1. The molecular weight excluding hydrogens is 419 g/mol. The molecular formula is C19H24F3N5O2S. The zero-order chi connectivity index (χ0) is 21.8. The number of hydrogen-bond donors (Lipinski definition) is 2. The van der Waals surface area contributed by atoms with E-state index < -0.39 is 15.5 Å². The fourth-order valence-electron chi connectivity index (χ4n) is 3.36. The van der Waals surface area contributed by atoms with Crippen LogP contribution in [0.4, 0.5) is 13.2 Å². The van der Waals surface area contributed by atoms with Crippen LogP contribution in [-0.2, 0) is 16.6 Å². The summed E-state index contributed by atoms with van der Waals surface area (Å²) in [7, 11) is -5.27. The molecule has 11 heteroatoms. The molecule has 0 aliphatic carbocycles. The van der Waals surface area contributed by atoms with Gasteiger partial charge in [0.25, 0.3) is 0 Å².